The van der Waals surface area contributed by atoms with Gasteiger partial charge in [-0.1, -0.05) is 11.6 Å². The Balaban J connectivity index is 1.60. The van der Waals surface area contributed by atoms with E-state index >= 15 is 0 Å². The fraction of sp³-hybridized carbons (Fsp3) is 0.370. The molecular weight excluding hydrogens is 492 g/mol. The van der Waals surface area contributed by atoms with Crippen molar-refractivity contribution in [2.45, 2.75) is 58.2 Å². The van der Waals surface area contributed by atoms with Crippen molar-refractivity contribution in [3.05, 3.63) is 64.7 Å². The molecule has 3 heterocycles. The summed E-state index contributed by atoms with van der Waals surface area (Å²) in [6, 6.07) is 9.01. The molecule has 5 rings (SSSR count). The van der Waals surface area contributed by atoms with Crippen molar-refractivity contribution in [1.82, 2.24) is 29.8 Å². The Morgan fingerprint density at radius 3 is 2.68 bits per heavy atom. The fourth-order valence-corrected chi connectivity index (χ4v) is 4.23. The van der Waals surface area contributed by atoms with E-state index in [0.717, 1.165) is 24.1 Å². The number of imidazole rings is 1. The van der Waals surface area contributed by atoms with Crippen LogP contribution in [-0.4, -0.2) is 53.3 Å². The molecule has 0 aliphatic heterocycles. The maximum Gasteiger partial charge on any atom is 0.251 e. The number of hydrogen-bond acceptors (Lipinski definition) is 7. The van der Waals surface area contributed by atoms with Gasteiger partial charge in [0.25, 0.3) is 5.91 Å². The molecule has 0 atom stereocenters. The first kappa shape index (κ1) is 25.1. The monoisotopic (exact) mass is 520 g/mol. The topological polar surface area (TPSA) is 115 Å². The lowest BCUT2D eigenvalue weighted by atomic mass is 10.1. The summed E-state index contributed by atoms with van der Waals surface area (Å²) in [6.45, 7) is 7.77. The van der Waals surface area contributed by atoms with Gasteiger partial charge in [0.05, 0.1) is 29.4 Å². The van der Waals surface area contributed by atoms with E-state index in [4.69, 9.17) is 21.3 Å². The first-order chi connectivity index (χ1) is 17.6. The second-order valence-electron chi connectivity index (χ2n) is 10.4. The summed E-state index contributed by atoms with van der Waals surface area (Å²) in [4.78, 5) is 31.1. The number of benzene rings is 1. The van der Waals surface area contributed by atoms with Gasteiger partial charge in [-0.2, -0.15) is 4.98 Å². The van der Waals surface area contributed by atoms with Crippen LogP contribution in [0.25, 0.3) is 22.6 Å². The van der Waals surface area contributed by atoms with Crippen LogP contribution in [0.5, 0.6) is 5.88 Å². The maximum atomic E-state index is 12.7. The molecule has 1 aliphatic carbocycles. The number of carbonyl (C=O) groups is 1. The van der Waals surface area contributed by atoms with Crippen LogP contribution in [0.4, 0.5) is 0 Å². The summed E-state index contributed by atoms with van der Waals surface area (Å²) in [6.07, 6.45) is 5.17. The fourth-order valence-electron chi connectivity index (χ4n) is 3.96. The largest absolute Gasteiger partial charge is 0.470 e. The van der Waals surface area contributed by atoms with Gasteiger partial charge in [-0.3, -0.25) is 9.78 Å². The smallest absolute Gasteiger partial charge is 0.251 e. The van der Waals surface area contributed by atoms with Crippen LogP contribution in [0, 0.1) is 6.92 Å². The summed E-state index contributed by atoms with van der Waals surface area (Å²) in [5.74, 6) is 0.669. The van der Waals surface area contributed by atoms with Crippen molar-refractivity contribution < 1.29 is 14.6 Å². The maximum absolute atomic E-state index is 12.7. The Labute approximate surface area is 219 Å². The van der Waals surface area contributed by atoms with E-state index < -0.39 is 5.54 Å². The molecule has 192 valence electrons. The molecule has 1 aliphatic rings. The predicted molar refractivity (Wildman–Crippen MR) is 141 cm³/mol. The average molecular weight is 521 g/mol. The van der Waals surface area contributed by atoms with Gasteiger partial charge in [0, 0.05) is 17.3 Å². The second kappa shape index (κ2) is 9.39. The van der Waals surface area contributed by atoms with Crippen molar-refractivity contribution in [1.29, 1.82) is 0 Å². The first-order valence-corrected chi connectivity index (χ1v) is 12.5. The molecule has 0 spiro atoms. The summed E-state index contributed by atoms with van der Waals surface area (Å²) < 4.78 is 8.13. The summed E-state index contributed by atoms with van der Waals surface area (Å²) in [5.41, 5.74) is 3.10. The SMILES string of the molecule is Cc1ccnc(Cn2c(-c3ccc(C(=O)NC(C)(C)CO)cc3Cl)nc3c(OC4(C)CC4)ncnc32)c1. The zero-order valence-electron chi connectivity index (χ0n) is 21.2. The number of nitrogens with zero attached hydrogens (tertiary/aromatic N) is 5. The minimum Gasteiger partial charge on any atom is -0.470 e. The molecular formula is C27H29ClN6O3. The molecule has 1 amide bonds. The zero-order chi connectivity index (χ0) is 26.4. The van der Waals surface area contributed by atoms with Gasteiger partial charge in [0.15, 0.2) is 11.2 Å². The third kappa shape index (κ3) is 5.28. The molecule has 0 bridgehead atoms. The number of nitrogens with one attached hydrogen (secondary N) is 1. The number of amides is 1. The highest BCUT2D eigenvalue weighted by Gasteiger charge is 2.41. The highest BCUT2D eigenvalue weighted by atomic mass is 35.5. The quantitative estimate of drug-likeness (QED) is 0.355. The number of aryl methyl sites for hydroxylation is 1. The predicted octanol–water partition coefficient (Wildman–Crippen LogP) is 4.33. The van der Waals surface area contributed by atoms with Crippen molar-refractivity contribution in [3.8, 4) is 17.3 Å². The number of hydrogen-bond donors (Lipinski definition) is 2. The van der Waals surface area contributed by atoms with Crippen molar-refractivity contribution in [2.24, 2.45) is 0 Å². The van der Waals surface area contributed by atoms with Crippen molar-refractivity contribution in [2.75, 3.05) is 6.61 Å². The summed E-state index contributed by atoms with van der Waals surface area (Å²) in [7, 11) is 0. The minimum atomic E-state index is -0.760. The Hall–Kier alpha value is -3.56. The van der Waals surface area contributed by atoms with Gasteiger partial charge >= 0.3 is 0 Å². The molecule has 10 heteroatoms. The van der Waals surface area contributed by atoms with Gasteiger partial charge in [-0.25, -0.2) is 9.97 Å². The number of pyridine rings is 1. The second-order valence-corrected chi connectivity index (χ2v) is 10.8. The van der Waals surface area contributed by atoms with Crippen LogP contribution in [0.3, 0.4) is 0 Å². The zero-order valence-corrected chi connectivity index (χ0v) is 22.0. The molecule has 0 saturated heterocycles. The van der Waals surface area contributed by atoms with Crippen molar-refractivity contribution in [3.63, 3.8) is 0 Å². The number of aliphatic hydroxyl groups is 1. The Morgan fingerprint density at radius 2 is 2.00 bits per heavy atom. The van der Waals surface area contributed by atoms with Crippen LogP contribution >= 0.6 is 11.6 Å². The number of aromatic nitrogens is 5. The molecule has 3 aromatic heterocycles. The third-order valence-corrected chi connectivity index (χ3v) is 6.72. The molecule has 37 heavy (non-hydrogen) atoms. The highest BCUT2D eigenvalue weighted by molar-refractivity contribution is 6.33. The molecule has 0 unspecified atom stereocenters. The van der Waals surface area contributed by atoms with Crippen LogP contribution in [0.2, 0.25) is 5.02 Å². The number of carbonyl (C=O) groups excluding carboxylic acids is 1. The molecule has 1 saturated carbocycles. The van der Waals surface area contributed by atoms with Gasteiger partial charge in [0.1, 0.15) is 17.8 Å². The Bertz CT molecular complexity index is 1500. The highest BCUT2D eigenvalue weighted by Crippen LogP contribution is 2.41. The standard InChI is InChI=1S/C27H29ClN6O3/c1-16-7-10-29-18(11-16)13-34-22(32-21-23(34)30-15-31-25(21)37-27(4)8-9-27)19-6-5-17(12-20(19)28)24(36)33-26(2,3)14-35/h5-7,10-12,15,35H,8-9,13-14H2,1-4H3,(H,33,36). The molecule has 4 aromatic rings. The van der Waals surface area contributed by atoms with E-state index in [9.17, 15) is 9.90 Å². The first-order valence-electron chi connectivity index (χ1n) is 12.1. The number of rotatable bonds is 8. The molecule has 2 N–H and O–H groups in total. The van der Waals surface area contributed by atoms with E-state index in [1.165, 1.54) is 6.33 Å². The van der Waals surface area contributed by atoms with E-state index in [1.807, 2.05) is 30.5 Å². The lowest BCUT2D eigenvalue weighted by molar-refractivity contribution is 0.0869. The van der Waals surface area contributed by atoms with E-state index in [-0.39, 0.29) is 18.1 Å². The van der Waals surface area contributed by atoms with E-state index in [0.29, 0.717) is 45.6 Å². The summed E-state index contributed by atoms with van der Waals surface area (Å²) in [5, 5.41) is 12.7. The number of ether oxygens (including phenoxy) is 1. The molecule has 1 fully saturated rings. The Kier molecular flexibility index (Phi) is 6.37. The van der Waals surface area contributed by atoms with Crippen LogP contribution in [0.15, 0.2) is 42.9 Å². The Morgan fingerprint density at radius 1 is 1.22 bits per heavy atom. The molecule has 9 nitrogen and oxygen atoms in total. The van der Waals surface area contributed by atoms with Gasteiger partial charge in [0.2, 0.25) is 5.88 Å². The minimum absolute atomic E-state index is 0.188. The van der Waals surface area contributed by atoms with E-state index in [2.05, 4.69) is 20.3 Å². The van der Waals surface area contributed by atoms with Gasteiger partial charge < -0.3 is 19.7 Å². The molecule has 0 radical (unpaired) electrons. The van der Waals surface area contributed by atoms with Crippen LogP contribution in [0.1, 0.15) is 55.2 Å². The number of fused-ring (bicyclic) bond motifs is 1. The number of halogens is 1. The van der Waals surface area contributed by atoms with Gasteiger partial charge in [-0.15, -0.1) is 0 Å². The molecule has 1 aromatic carbocycles. The van der Waals surface area contributed by atoms with Crippen LogP contribution < -0.4 is 10.1 Å². The lowest BCUT2D eigenvalue weighted by Crippen LogP contribution is -2.46. The van der Waals surface area contributed by atoms with Gasteiger partial charge in [-0.05, 0) is 76.4 Å². The van der Waals surface area contributed by atoms with E-state index in [1.54, 1.807) is 38.2 Å². The third-order valence-electron chi connectivity index (χ3n) is 6.41. The number of aliphatic hydroxyl groups excluding tert-OH is 1. The normalized spacial score (nSPS) is 14.5. The average Bonchev–Trinajstić information content (AvgIpc) is 3.47. The lowest BCUT2D eigenvalue weighted by Gasteiger charge is -2.23. The van der Waals surface area contributed by atoms with Crippen molar-refractivity contribution >= 4 is 28.7 Å². The summed E-state index contributed by atoms with van der Waals surface area (Å²) >= 11 is 6.73. The van der Waals surface area contributed by atoms with Crippen LogP contribution in [-0.2, 0) is 6.54 Å².